The fraction of sp³-hybridized carbons (Fsp3) is 0.0833. The number of hydrogen-bond donors (Lipinski definition) is 2. The highest BCUT2D eigenvalue weighted by Crippen LogP contribution is 2.23. The third-order valence-electron chi connectivity index (χ3n) is 2.41. The summed E-state index contributed by atoms with van der Waals surface area (Å²) in [6.07, 6.45) is 0. The van der Waals surface area contributed by atoms with Crippen LogP contribution in [0, 0.1) is 6.92 Å². The zero-order valence-corrected chi connectivity index (χ0v) is 11.6. The van der Waals surface area contributed by atoms with Gasteiger partial charge in [-0.1, -0.05) is 12.1 Å². The number of hydrogen-bond acceptors (Lipinski definition) is 4. The Hall–Kier alpha value is -1.70. The van der Waals surface area contributed by atoms with Gasteiger partial charge in [0.2, 0.25) is 0 Å². The zero-order valence-electron chi connectivity index (χ0n) is 9.95. The first-order valence-corrected chi connectivity index (χ1v) is 7.63. The molecule has 0 aliphatic carbocycles. The molecule has 0 fully saturated rings. The number of amides is 1. The lowest BCUT2D eigenvalue weighted by atomic mass is 10.2. The van der Waals surface area contributed by atoms with Crippen molar-refractivity contribution < 1.29 is 17.8 Å². The number of rotatable bonds is 3. The first-order chi connectivity index (χ1) is 8.88. The molecule has 0 aliphatic rings. The Morgan fingerprint density at radius 1 is 1.32 bits per heavy atom. The summed E-state index contributed by atoms with van der Waals surface area (Å²) in [4.78, 5) is 12.0. The minimum absolute atomic E-state index is 0.0616. The molecular weight excluding hydrogens is 286 g/mol. The molecule has 0 saturated heterocycles. The summed E-state index contributed by atoms with van der Waals surface area (Å²) in [6.45, 7) is 1.69. The maximum atomic E-state index is 11.9. The fourth-order valence-electron chi connectivity index (χ4n) is 1.54. The van der Waals surface area contributed by atoms with Crippen LogP contribution in [0.5, 0.6) is 0 Å². The van der Waals surface area contributed by atoms with Gasteiger partial charge in [0.05, 0.1) is 10.6 Å². The second kappa shape index (κ2) is 5.12. The highest BCUT2D eigenvalue weighted by atomic mass is 32.2. The van der Waals surface area contributed by atoms with E-state index in [2.05, 4.69) is 5.32 Å². The van der Waals surface area contributed by atoms with Gasteiger partial charge in [-0.25, -0.2) is 0 Å². The number of benzene rings is 1. The van der Waals surface area contributed by atoms with Gasteiger partial charge in [-0.2, -0.15) is 8.42 Å². The molecule has 0 aliphatic heterocycles. The summed E-state index contributed by atoms with van der Waals surface area (Å²) >= 11 is 1.24. The highest BCUT2D eigenvalue weighted by molar-refractivity contribution is 7.86. The molecule has 0 saturated carbocycles. The summed E-state index contributed by atoms with van der Waals surface area (Å²) in [5, 5.41) is 4.22. The number of thiophene rings is 1. The number of carbonyl (C=O) groups excluding carboxylic acids is 1. The van der Waals surface area contributed by atoms with Crippen molar-refractivity contribution in [1.82, 2.24) is 0 Å². The van der Waals surface area contributed by atoms with Crippen LogP contribution >= 0.6 is 11.3 Å². The first-order valence-electron chi connectivity index (χ1n) is 5.31. The Bertz CT molecular complexity index is 705. The molecule has 100 valence electrons. The van der Waals surface area contributed by atoms with E-state index in [0.717, 1.165) is 0 Å². The second-order valence-corrected chi connectivity index (χ2v) is 6.24. The van der Waals surface area contributed by atoms with Crippen LogP contribution in [0.15, 0.2) is 40.6 Å². The van der Waals surface area contributed by atoms with Crippen molar-refractivity contribution >= 4 is 33.0 Å². The van der Waals surface area contributed by atoms with Crippen LogP contribution < -0.4 is 5.32 Å². The highest BCUT2D eigenvalue weighted by Gasteiger charge is 2.18. The van der Waals surface area contributed by atoms with E-state index in [1.165, 1.54) is 23.5 Å². The second-order valence-electron chi connectivity index (χ2n) is 3.91. The standard InChI is InChI=1S/C12H11NO4S2/c1-8-4-5-9(11(7-8)19(15,16)17)13-12(14)10-3-2-6-18-10/h2-7H,1H3,(H,13,14)(H,15,16,17). The molecule has 2 rings (SSSR count). The van der Waals surface area contributed by atoms with Gasteiger partial charge in [0.1, 0.15) is 4.90 Å². The third-order valence-corrected chi connectivity index (χ3v) is 4.17. The number of nitrogens with one attached hydrogen (secondary N) is 1. The van der Waals surface area contributed by atoms with E-state index in [1.807, 2.05) is 0 Å². The summed E-state index contributed by atoms with van der Waals surface area (Å²) in [5.41, 5.74) is 0.730. The molecular formula is C12H11NO4S2. The Morgan fingerprint density at radius 3 is 2.63 bits per heavy atom. The van der Waals surface area contributed by atoms with Gasteiger partial charge < -0.3 is 5.32 Å². The lowest BCUT2D eigenvalue weighted by Crippen LogP contribution is -2.13. The molecule has 0 spiro atoms. The first kappa shape index (κ1) is 13.7. The minimum Gasteiger partial charge on any atom is -0.320 e. The van der Waals surface area contributed by atoms with Crippen molar-refractivity contribution in [2.45, 2.75) is 11.8 Å². The average molecular weight is 297 g/mol. The zero-order chi connectivity index (χ0) is 14.0. The molecule has 5 nitrogen and oxygen atoms in total. The van der Waals surface area contributed by atoms with Crippen LogP contribution in [0.3, 0.4) is 0 Å². The molecule has 0 radical (unpaired) electrons. The van der Waals surface area contributed by atoms with E-state index in [-0.39, 0.29) is 10.6 Å². The van der Waals surface area contributed by atoms with Crippen LogP contribution in [-0.4, -0.2) is 18.9 Å². The van der Waals surface area contributed by atoms with E-state index in [9.17, 15) is 13.2 Å². The molecule has 1 amide bonds. The van der Waals surface area contributed by atoms with Gasteiger partial charge in [-0.3, -0.25) is 9.35 Å². The van der Waals surface area contributed by atoms with E-state index < -0.39 is 16.0 Å². The molecule has 1 heterocycles. The molecule has 1 aromatic heterocycles. The van der Waals surface area contributed by atoms with E-state index >= 15 is 0 Å². The van der Waals surface area contributed by atoms with Gasteiger partial charge in [-0.15, -0.1) is 11.3 Å². The van der Waals surface area contributed by atoms with Gasteiger partial charge >= 0.3 is 0 Å². The van der Waals surface area contributed by atoms with Crippen LogP contribution in [0.25, 0.3) is 0 Å². The Morgan fingerprint density at radius 2 is 2.05 bits per heavy atom. The quantitative estimate of drug-likeness (QED) is 0.853. The minimum atomic E-state index is -4.38. The molecule has 19 heavy (non-hydrogen) atoms. The van der Waals surface area contributed by atoms with Gasteiger partial charge in [0.15, 0.2) is 0 Å². The van der Waals surface area contributed by atoms with Crippen molar-refractivity contribution in [3.05, 3.63) is 46.2 Å². The largest absolute Gasteiger partial charge is 0.320 e. The van der Waals surface area contributed by atoms with E-state index in [0.29, 0.717) is 10.4 Å². The fourth-order valence-corrected chi connectivity index (χ4v) is 2.89. The summed E-state index contributed by atoms with van der Waals surface area (Å²) in [6, 6.07) is 7.75. The van der Waals surface area contributed by atoms with Crippen molar-refractivity contribution in [2.24, 2.45) is 0 Å². The third kappa shape index (κ3) is 3.19. The summed E-state index contributed by atoms with van der Waals surface area (Å²) < 4.78 is 31.7. The van der Waals surface area contributed by atoms with Gasteiger partial charge in [0, 0.05) is 0 Å². The van der Waals surface area contributed by atoms with Crippen molar-refractivity contribution in [3.8, 4) is 0 Å². The van der Waals surface area contributed by atoms with Crippen molar-refractivity contribution in [2.75, 3.05) is 5.32 Å². The smallest absolute Gasteiger partial charge is 0.296 e. The Kier molecular flexibility index (Phi) is 3.70. The maximum absolute atomic E-state index is 11.9. The topological polar surface area (TPSA) is 83.5 Å². The number of aryl methyl sites for hydroxylation is 1. The molecule has 0 bridgehead atoms. The van der Waals surface area contributed by atoms with Crippen LogP contribution in [0.1, 0.15) is 15.2 Å². The van der Waals surface area contributed by atoms with Gasteiger partial charge in [0.25, 0.3) is 16.0 Å². The van der Waals surface area contributed by atoms with Crippen LogP contribution in [0.4, 0.5) is 5.69 Å². The van der Waals surface area contributed by atoms with Crippen molar-refractivity contribution in [3.63, 3.8) is 0 Å². The SMILES string of the molecule is Cc1ccc(NC(=O)c2cccs2)c(S(=O)(=O)O)c1. The monoisotopic (exact) mass is 297 g/mol. The average Bonchev–Trinajstić information content (AvgIpc) is 2.83. The van der Waals surface area contributed by atoms with Crippen molar-refractivity contribution in [1.29, 1.82) is 0 Å². The van der Waals surface area contributed by atoms with Crippen LogP contribution in [0.2, 0.25) is 0 Å². The maximum Gasteiger partial charge on any atom is 0.296 e. The Balaban J connectivity index is 2.38. The molecule has 7 heteroatoms. The molecule has 0 atom stereocenters. The number of anilines is 1. The number of carbonyl (C=O) groups is 1. The normalized spacial score (nSPS) is 11.3. The lowest BCUT2D eigenvalue weighted by Gasteiger charge is -2.09. The van der Waals surface area contributed by atoms with E-state index in [4.69, 9.17) is 4.55 Å². The van der Waals surface area contributed by atoms with E-state index in [1.54, 1.807) is 30.5 Å². The molecule has 1 aromatic carbocycles. The van der Waals surface area contributed by atoms with Crippen LogP contribution in [-0.2, 0) is 10.1 Å². The summed E-state index contributed by atoms with van der Waals surface area (Å²) in [7, 11) is -4.38. The lowest BCUT2D eigenvalue weighted by molar-refractivity contribution is 0.103. The predicted molar refractivity (Wildman–Crippen MR) is 73.3 cm³/mol. The molecule has 2 aromatic rings. The molecule has 0 unspecified atom stereocenters. The van der Waals surface area contributed by atoms with Gasteiger partial charge in [-0.05, 0) is 36.1 Å². The Labute approximate surface area is 114 Å². The summed E-state index contributed by atoms with van der Waals surface area (Å²) in [5.74, 6) is -0.413. The molecule has 2 N–H and O–H groups in total. The predicted octanol–water partition coefficient (Wildman–Crippen LogP) is 2.56.